The molecule has 1 N–H and O–H groups in total. The Bertz CT molecular complexity index is 665. The van der Waals surface area contributed by atoms with Crippen molar-refractivity contribution in [3.63, 3.8) is 0 Å². The molecular weight excluding hydrogens is 285 g/mol. The molecule has 7 heteroatoms. The van der Waals surface area contributed by atoms with E-state index < -0.39 is 5.82 Å². The summed E-state index contributed by atoms with van der Waals surface area (Å²) in [7, 11) is 0. The number of benzene rings is 1. The van der Waals surface area contributed by atoms with Crippen LogP contribution in [-0.4, -0.2) is 50.7 Å². The molecule has 6 nitrogen and oxygen atoms in total. The van der Waals surface area contributed by atoms with Gasteiger partial charge in [0.2, 0.25) is 0 Å². The van der Waals surface area contributed by atoms with Gasteiger partial charge in [0.05, 0.1) is 6.04 Å². The van der Waals surface area contributed by atoms with Crippen LogP contribution in [-0.2, 0) is 0 Å². The topological polar surface area (TPSA) is 63.1 Å². The SMILES string of the molecule is CC(C)N1CC(NC(=O)c2ccc(-n3cncn3)c(F)c2)C1. The summed E-state index contributed by atoms with van der Waals surface area (Å²) in [6.45, 7) is 5.92. The predicted octanol–water partition coefficient (Wildman–Crippen LogP) is 1.23. The van der Waals surface area contributed by atoms with Crippen molar-refractivity contribution in [2.45, 2.75) is 25.9 Å². The van der Waals surface area contributed by atoms with Gasteiger partial charge in [-0.2, -0.15) is 5.10 Å². The molecule has 1 fully saturated rings. The third-order valence-electron chi connectivity index (χ3n) is 3.85. The minimum absolute atomic E-state index is 0.132. The number of aromatic nitrogens is 3. The van der Waals surface area contributed by atoms with Crippen molar-refractivity contribution < 1.29 is 9.18 Å². The second-order valence-electron chi connectivity index (χ2n) is 5.72. The van der Waals surface area contributed by atoms with E-state index in [0.29, 0.717) is 11.6 Å². The highest BCUT2D eigenvalue weighted by Crippen LogP contribution is 2.16. The van der Waals surface area contributed by atoms with E-state index in [1.807, 2.05) is 0 Å². The Hall–Kier alpha value is -2.28. The first-order valence-corrected chi connectivity index (χ1v) is 7.24. The first kappa shape index (κ1) is 14.6. The molecule has 0 bridgehead atoms. The van der Waals surface area contributed by atoms with E-state index in [9.17, 15) is 9.18 Å². The lowest BCUT2D eigenvalue weighted by Crippen LogP contribution is -2.61. The van der Waals surface area contributed by atoms with E-state index in [1.54, 1.807) is 6.07 Å². The molecule has 0 aliphatic carbocycles. The third kappa shape index (κ3) is 2.85. The highest BCUT2D eigenvalue weighted by Gasteiger charge is 2.29. The van der Waals surface area contributed by atoms with Crippen LogP contribution in [0.2, 0.25) is 0 Å². The molecule has 1 saturated heterocycles. The highest BCUT2D eigenvalue weighted by molar-refractivity contribution is 5.94. The smallest absolute Gasteiger partial charge is 0.251 e. The van der Waals surface area contributed by atoms with Gasteiger partial charge in [0.1, 0.15) is 24.2 Å². The molecule has 0 saturated carbocycles. The van der Waals surface area contributed by atoms with Crippen molar-refractivity contribution in [3.05, 3.63) is 42.2 Å². The fourth-order valence-electron chi connectivity index (χ4n) is 2.46. The minimum atomic E-state index is -0.504. The monoisotopic (exact) mass is 303 g/mol. The fourth-order valence-corrected chi connectivity index (χ4v) is 2.46. The zero-order chi connectivity index (χ0) is 15.7. The Morgan fingerprint density at radius 1 is 1.41 bits per heavy atom. The lowest BCUT2D eigenvalue weighted by molar-refractivity contribution is 0.0713. The Kier molecular flexibility index (Phi) is 3.89. The lowest BCUT2D eigenvalue weighted by atomic mass is 10.1. The van der Waals surface area contributed by atoms with Gasteiger partial charge >= 0.3 is 0 Å². The minimum Gasteiger partial charge on any atom is -0.347 e. The molecule has 1 amide bonds. The molecule has 0 unspecified atom stereocenters. The number of rotatable bonds is 4. The summed E-state index contributed by atoms with van der Waals surface area (Å²) in [5, 5.41) is 6.79. The predicted molar refractivity (Wildman–Crippen MR) is 79.3 cm³/mol. The van der Waals surface area contributed by atoms with Crippen molar-refractivity contribution in [1.29, 1.82) is 0 Å². The molecule has 1 aromatic carbocycles. The number of carbonyl (C=O) groups is 1. The number of hydrogen-bond donors (Lipinski definition) is 1. The fraction of sp³-hybridized carbons (Fsp3) is 0.400. The summed E-state index contributed by atoms with van der Waals surface area (Å²) in [4.78, 5) is 18.2. The van der Waals surface area contributed by atoms with Crippen LogP contribution >= 0.6 is 0 Å². The van der Waals surface area contributed by atoms with E-state index in [0.717, 1.165) is 13.1 Å². The van der Waals surface area contributed by atoms with Crippen molar-refractivity contribution in [1.82, 2.24) is 25.0 Å². The van der Waals surface area contributed by atoms with Crippen LogP contribution in [0.15, 0.2) is 30.9 Å². The average Bonchev–Trinajstić information content (AvgIpc) is 2.95. The average molecular weight is 303 g/mol. The van der Waals surface area contributed by atoms with Gasteiger partial charge in [-0.1, -0.05) is 0 Å². The Labute approximate surface area is 128 Å². The highest BCUT2D eigenvalue weighted by atomic mass is 19.1. The van der Waals surface area contributed by atoms with Gasteiger partial charge in [-0.25, -0.2) is 14.1 Å². The van der Waals surface area contributed by atoms with Crippen LogP contribution in [0.1, 0.15) is 24.2 Å². The Morgan fingerprint density at radius 2 is 2.18 bits per heavy atom. The molecule has 1 aliphatic rings. The first-order valence-electron chi connectivity index (χ1n) is 7.24. The van der Waals surface area contributed by atoms with E-state index in [-0.39, 0.29) is 17.6 Å². The normalized spacial score (nSPS) is 15.8. The number of nitrogens with one attached hydrogen (secondary N) is 1. The maximum Gasteiger partial charge on any atom is 0.251 e. The molecule has 2 aromatic rings. The lowest BCUT2D eigenvalue weighted by Gasteiger charge is -2.42. The van der Waals surface area contributed by atoms with E-state index in [4.69, 9.17) is 0 Å². The molecule has 0 spiro atoms. The van der Waals surface area contributed by atoms with Crippen molar-refractivity contribution in [3.8, 4) is 5.69 Å². The molecule has 0 atom stereocenters. The van der Waals surface area contributed by atoms with E-state index in [1.165, 1.54) is 29.5 Å². The van der Waals surface area contributed by atoms with Gasteiger partial charge in [0.15, 0.2) is 0 Å². The zero-order valence-electron chi connectivity index (χ0n) is 12.5. The first-order chi connectivity index (χ1) is 10.5. The van der Waals surface area contributed by atoms with Crippen LogP contribution in [0.4, 0.5) is 4.39 Å². The zero-order valence-corrected chi connectivity index (χ0v) is 12.5. The van der Waals surface area contributed by atoms with Gasteiger partial charge in [0, 0.05) is 24.7 Å². The van der Waals surface area contributed by atoms with Gasteiger partial charge < -0.3 is 5.32 Å². The standard InChI is InChI=1S/C15H18FN5O/c1-10(2)20-6-12(7-20)19-15(22)11-3-4-14(13(16)5-11)21-9-17-8-18-21/h3-5,8-10,12H,6-7H2,1-2H3,(H,19,22). The number of likely N-dealkylation sites (tertiary alicyclic amines) is 1. The van der Waals surface area contributed by atoms with Gasteiger partial charge in [-0.15, -0.1) is 0 Å². The van der Waals surface area contributed by atoms with Crippen LogP contribution in [0, 0.1) is 5.82 Å². The van der Waals surface area contributed by atoms with Crippen LogP contribution in [0.5, 0.6) is 0 Å². The number of nitrogens with zero attached hydrogens (tertiary/aromatic N) is 4. The maximum atomic E-state index is 14.1. The summed E-state index contributed by atoms with van der Waals surface area (Å²) in [6, 6.07) is 4.96. The summed E-state index contributed by atoms with van der Waals surface area (Å²) in [6.07, 6.45) is 2.74. The van der Waals surface area contributed by atoms with Crippen LogP contribution < -0.4 is 5.32 Å². The summed E-state index contributed by atoms with van der Waals surface area (Å²) < 4.78 is 15.4. The molecule has 1 aliphatic heterocycles. The summed E-state index contributed by atoms with van der Waals surface area (Å²) in [5.74, 6) is -0.756. The summed E-state index contributed by atoms with van der Waals surface area (Å²) in [5.41, 5.74) is 0.577. The molecule has 1 aromatic heterocycles. The number of amides is 1. The van der Waals surface area contributed by atoms with Crippen LogP contribution in [0.3, 0.4) is 0 Å². The molecule has 2 heterocycles. The second kappa shape index (κ2) is 5.84. The van der Waals surface area contributed by atoms with Gasteiger partial charge in [0.25, 0.3) is 5.91 Å². The summed E-state index contributed by atoms with van der Waals surface area (Å²) >= 11 is 0. The Morgan fingerprint density at radius 3 is 2.77 bits per heavy atom. The maximum absolute atomic E-state index is 14.1. The third-order valence-corrected chi connectivity index (χ3v) is 3.85. The number of hydrogen-bond acceptors (Lipinski definition) is 4. The van der Waals surface area contributed by atoms with Gasteiger partial charge in [-0.3, -0.25) is 9.69 Å². The molecular formula is C15H18FN5O. The Balaban J connectivity index is 1.65. The van der Waals surface area contributed by atoms with Crippen molar-refractivity contribution >= 4 is 5.91 Å². The van der Waals surface area contributed by atoms with E-state index in [2.05, 4.69) is 34.1 Å². The van der Waals surface area contributed by atoms with Crippen molar-refractivity contribution in [2.75, 3.05) is 13.1 Å². The molecule has 22 heavy (non-hydrogen) atoms. The number of carbonyl (C=O) groups excluding carboxylic acids is 1. The van der Waals surface area contributed by atoms with Crippen molar-refractivity contribution in [2.24, 2.45) is 0 Å². The molecule has 0 radical (unpaired) electrons. The molecule has 116 valence electrons. The van der Waals surface area contributed by atoms with E-state index >= 15 is 0 Å². The second-order valence-corrected chi connectivity index (χ2v) is 5.72. The quantitative estimate of drug-likeness (QED) is 0.923. The van der Waals surface area contributed by atoms with Crippen LogP contribution in [0.25, 0.3) is 5.69 Å². The molecule has 3 rings (SSSR count). The van der Waals surface area contributed by atoms with Gasteiger partial charge in [-0.05, 0) is 32.0 Å². The largest absolute Gasteiger partial charge is 0.347 e. The number of halogens is 1.